The number of halogens is 3. The van der Waals surface area contributed by atoms with Crippen LogP contribution in [0.2, 0.25) is 0 Å². The van der Waals surface area contributed by atoms with Gasteiger partial charge in [-0.1, -0.05) is 13.3 Å². The number of hydrogen-bond acceptors (Lipinski definition) is 2. The monoisotopic (exact) mass is 240 g/mol. The molecular formula is C10H19F3N2O. The summed E-state index contributed by atoms with van der Waals surface area (Å²) in [7, 11) is 0. The molecule has 0 spiro atoms. The van der Waals surface area contributed by atoms with Gasteiger partial charge in [0, 0.05) is 6.54 Å². The molecule has 16 heavy (non-hydrogen) atoms. The molecule has 0 aromatic carbocycles. The number of amides is 1. The van der Waals surface area contributed by atoms with Gasteiger partial charge >= 0.3 is 12.1 Å². The zero-order chi connectivity index (χ0) is 12.4. The second-order valence-electron chi connectivity index (χ2n) is 3.56. The van der Waals surface area contributed by atoms with Crippen molar-refractivity contribution in [2.75, 3.05) is 19.6 Å². The summed E-state index contributed by atoms with van der Waals surface area (Å²) in [5, 5.41) is 5.00. The first-order valence-corrected chi connectivity index (χ1v) is 5.54. The molecule has 0 bridgehead atoms. The molecule has 0 radical (unpaired) electrons. The summed E-state index contributed by atoms with van der Waals surface area (Å²) in [5.41, 5.74) is 0. The molecule has 0 aliphatic heterocycles. The van der Waals surface area contributed by atoms with Crippen molar-refractivity contribution in [3.63, 3.8) is 0 Å². The van der Waals surface area contributed by atoms with Gasteiger partial charge in [-0.05, 0) is 32.4 Å². The van der Waals surface area contributed by atoms with Crippen LogP contribution in [0.1, 0.15) is 32.6 Å². The number of unbranched alkanes of at least 4 members (excludes halogenated alkanes) is 2. The predicted octanol–water partition coefficient (Wildman–Crippen LogP) is 1.83. The average Bonchev–Trinajstić information content (AvgIpc) is 2.20. The van der Waals surface area contributed by atoms with Crippen molar-refractivity contribution >= 4 is 5.91 Å². The summed E-state index contributed by atoms with van der Waals surface area (Å²) in [4.78, 5) is 10.4. The van der Waals surface area contributed by atoms with E-state index < -0.39 is 12.1 Å². The molecule has 0 fully saturated rings. The maximum Gasteiger partial charge on any atom is 0.471 e. The van der Waals surface area contributed by atoms with Crippen LogP contribution >= 0.6 is 0 Å². The van der Waals surface area contributed by atoms with E-state index in [4.69, 9.17) is 0 Å². The van der Waals surface area contributed by atoms with Crippen LogP contribution in [0.25, 0.3) is 0 Å². The van der Waals surface area contributed by atoms with E-state index in [-0.39, 0.29) is 6.54 Å². The average molecular weight is 240 g/mol. The van der Waals surface area contributed by atoms with E-state index in [1.54, 1.807) is 0 Å². The van der Waals surface area contributed by atoms with Gasteiger partial charge in [0.15, 0.2) is 0 Å². The van der Waals surface area contributed by atoms with E-state index in [1.807, 2.05) is 5.32 Å². The Hall–Kier alpha value is -0.780. The molecule has 0 unspecified atom stereocenters. The normalized spacial score (nSPS) is 11.5. The van der Waals surface area contributed by atoms with E-state index in [0.29, 0.717) is 6.42 Å². The van der Waals surface area contributed by atoms with Gasteiger partial charge in [0.2, 0.25) is 0 Å². The maximum absolute atomic E-state index is 11.7. The summed E-state index contributed by atoms with van der Waals surface area (Å²) in [6, 6.07) is 0. The summed E-state index contributed by atoms with van der Waals surface area (Å²) in [6.07, 6.45) is -1.22. The van der Waals surface area contributed by atoms with Crippen molar-refractivity contribution < 1.29 is 18.0 Å². The maximum atomic E-state index is 11.7. The minimum atomic E-state index is -4.76. The third-order valence-corrected chi connectivity index (χ3v) is 2.03. The molecule has 3 nitrogen and oxygen atoms in total. The largest absolute Gasteiger partial charge is 0.471 e. The molecule has 96 valence electrons. The Morgan fingerprint density at radius 1 is 1.06 bits per heavy atom. The SMILES string of the molecule is CCCCNCCCCNC(=O)C(F)(F)F. The van der Waals surface area contributed by atoms with Crippen molar-refractivity contribution in [2.24, 2.45) is 0 Å². The van der Waals surface area contributed by atoms with Crippen molar-refractivity contribution in [3.8, 4) is 0 Å². The highest BCUT2D eigenvalue weighted by Gasteiger charge is 2.37. The first kappa shape index (κ1) is 15.2. The summed E-state index contributed by atoms with van der Waals surface area (Å²) < 4.78 is 35.2. The number of nitrogens with one attached hydrogen (secondary N) is 2. The van der Waals surface area contributed by atoms with E-state index >= 15 is 0 Å². The highest BCUT2D eigenvalue weighted by Crippen LogP contribution is 2.13. The van der Waals surface area contributed by atoms with E-state index in [9.17, 15) is 18.0 Å². The molecule has 0 aliphatic carbocycles. The number of alkyl halides is 3. The van der Waals surface area contributed by atoms with Gasteiger partial charge in [-0.25, -0.2) is 0 Å². The Bertz CT molecular complexity index is 195. The molecular weight excluding hydrogens is 221 g/mol. The molecule has 0 saturated heterocycles. The summed E-state index contributed by atoms with van der Waals surface area (Å²) in [5.74, 6) is -1.86. The molecule has 0 heterocycles. The fourth-order valence-electron chi connectivity index (χ4n) is 1.10. The summed E-state index contributed by atoms with van der Waals surface area (Å²) in [6.45, 7) is 3.88. The van der Waals surface area contributed by atoms with Crippen molar-refractivity contribution in [1.82, 2.24) is 10.6 Å². The number of carbonyl (C=O) groups is 1. The molecule has 1 amide bonds. The van der Waals surface area contributed by atoms with Crippen LogP contribution < -0.4 is 10.6 Å². The second kappa shape index (κ2) is 8.38. The van der Waals surface area contributed by atoms with E-state index in [0.717, 1.165) is 32.4 Å². The third kappa shape index (κ3) is 8.52. The van der Waals surface area contributed by atoms with Crippen LogP contribution in [0.4, 0.5) is 13.2 Å². The van der Waals surface area contributed by atoms with Crippen LogP contribution in [0.15, 0.2) is 0 Å². The van der Waals surface area contributed by atoms with Crippen molar-refractivity contribution in [3.05, 3.63) is 0 Å². The number of carbonyl (C=O) groups excluding carboxylic acids is 1. The second-order valence-corrected chi connectivity index (χ2v) is 3.56. The highest BCUT2D eigenvalue weighted by atomic mass is 19.4. The van der Waals surface area contributed by atoms with Gasteiger partial charge in [-0.15, -0.1) is 0 Å². The zero-order valence-corrected chi connectivity index (χ0v) is 9.49. The first-order valence-electron chi connectivity index (χ1n) is 5.54. The smallest absolute Gasteiger partial charge is 0.348 e. The fourth-order valence-corrected chi connectivity index (χ4v) is 1.10. The third-order valence-electron chi connectivity index (χ3n) is 2.03. The van der Waals surface area contributed by atoms with Gasteiger partial charge in [0.25, 0.3) is 0 Å². The Balaban J connectivity index is 3.25. The lowest BCUT2D eigenvalue weighted by Gasteiger charge is -2.07. The standard InChI is InChI=1S/C10H19F3N2O/c1-2-3-6-14-7-4-5-8-15-9(16)10(11,12)13/h14H,2-8H2,1H3,(H,15,16). The minimum absolute atomic E-state index is 0.0772. The van der Waals surface area contributed by atoms with Gasteiger partial charge in [0.1, 0.15) is 0 Å². The van der Waals surface area contributed by atoms with E-state index in [2.05, 4.69) is 12.2 Å². The van der Waals surface area contributed by atoms with Crippen LogP contribution in [-0.2, 0) is 4.79 Å². The summed E-state index contributed by atoms with van der Waals surface area (Å²) >= 11 is 0. The lowest BCUT2D eigenvalue weighted by molar-refractivity contribution is -0.173. The number of hydrogen-bond donors (Lipinski definition) is 2. The Morgan fingerprint density at radius 2 is 1.62 bits per heavy atom. The highest BCUT2D eigenvalue weighted by molar-refractivity contribution is 5.81. The fraction of sp³-hybridized carbons (Fsp3) is 0.900. The van der Waals surface area contributed by atoms with Crippen LogP contribution in [-0.4, -0.2) is 31.7 Å². The van der Waals surface area contributed by atoms with Crippen molar-refractivity contribution in [1.29, 1.82) is 0 Å². The predicted molar refractivity (Wildman–Crippen MR) is 56.1 cm³/mol. The van der Waals surface area contributed by atoms with E-state index in [1.165, 1.54) is 0 Å². The quantitative estimate of drug-likeness (QED) is 0.635. The Labute approximate surface area is 93.8 Å². The Morgan fingerprint density at radius 3 is 2.19 bits per heavy atom. The molecule has 0 atom stereocenters. The lowest BCUT2D eigenvalue weighted by atomic mass is 10.3. The van der Waals surface area contributed by atoms with Gasteiger partial charge in [-0.2, -0.15) is 13.2 Å². The van der Waals surface area contributed by atoms with Crippen LogP contribution in [0.3, 0.4) is 0 Å². The molecule has 0 aliphatic rings. The molecule has 0 rings (SSSR count). The molecule has 0 aromatic rings. The van der Waals surface area contributed by atoms with Crippen molar-refractivity contribution in [2.45, 2.75) is 38.8 Å². The molecule has 0 saturated carbocycles. The first-order chi connectivity index (χ1) is 7.48. The molecule has 0 aromatic heterocycles. The lowest BCUT2D eigenvalue weighted by Crippen LogP contribution is -2.37. The molecule has 2 N–H and O–H groups in total. The Kier molecular flexibility index (Phi) is 7.97. The van der Waals surface area contributed by atoms with Crippen LogP contribution in [0.5, 0.6) is 0 Å². The molecule has 6 heteroatoms. The van der Waals surface area contributed by atoms with Crippen LogP contribution in [0, 0.1) is 0 Å². The number of rotatable bonds is 8. The topological polar surface area (TPSA) is 41.1 Å². The van der Waals surface area contributed by atoms with Gasteiger partial charge < -0.3 is 10.6 Å². The minimum Gasteiger partial charge on any atom is -0.348 e. The van der Waals surface area contributed by atoms with Gasteiger partial charge in [0.05, 0.1) is 0 Å². The zero-order valence-electron chi connectivity index (χ0n) is 9.49. The van der Waals surface area contributed by atoms with Gasteiger partial charge in [-0.3, -0.25) is 4.79 Å².